The number of esters is 1. The molecule has 7 nitrogen and oxygen atoms in total. The van der Waals surface area contributed by atoms with Gasteiger partial charge in [0.05, 0.1) is 25.8 Å². The SMILES string of the molecule is COc1cc2cc3c(c(-c4cnc(N5CCc6ccccc6[C@@H]5c5ccccc5)nc4)c2cc1OC)C(=O)OC3. The zero-order chi connectivity index (χ0) is 27.2. The average Bonchev–Trinajstić information content (AvgIpc) is 3.38. The van der Waals surface area contributed by atoms with Crippen molar-refractivity contribution in [2.24, 2.45) is 0 Å². The van der Waals surface area contributed by atoms with E-state index in [1.54, 1.807) is 14.2 Å². The maximum atomic E-state index is 12.9. The second-order valence-corrected chi connectivity index (χ2v) is 10.0. The van der Waals surface area contributed by atoms with Crippen molar-refractivity contribution in [3.63, 3.8) is 0 Å². The van der Waals surface area contributed by atoms with E-state index in [1.807, 2.05) is 36.7 Å². The van der Waals surface area contributed by atoms with E-state index in [9.17, 15) is 4.79 Å². The molecule has 0 amide bonds. The number of aromatic nitrogens is 2. The molecule has 0 spiro atoms. The molecule has 1 aromatic heterocycles. The Morgan fingerprint density at radius 1 is 0.850 bits per heavy atom. The second-order valence-electron chi connectivity index (χ2n) is 10.0. The highest BCUT2D eigenvalue weighted by Gasteiger charge is 2.32. The van der Waals surface area contributed by atoms with Crippen LogP contribution in [0.3, 0.4) is 0 Å². The van der Waals surface area contributed by atoms with Gasteiger partial charge in [0.25, 0.3) is 0 Å². The van der Waals surface area contributed by atoms with Crippen molar-refractivity contribution in [3.8, 4) is 22.6 Å². The van der Waals surface area contributed by atoms with Gasteiger partial charge in [-0.3, -0.25) is 0 Å². The van der Waals surface area contributed by atoms with E-state index in [4.69, 9.17) is 24.2 Å². The summed E-state index contributed by atoms with van der Waals surface area (Å²) in [5.41, 5.74) is 6.67. The minimum Gasteiger partial charge on any atom is -0.493 e. The van der Waals surface area contributed by atoms with Crippen LogP contribution in [0.4, 0.5) is 5.95 Å². The maximum absolute atomic E-state index is 12.9. The van der Waals surface area contributed by atoms with E-state index < -0.39 is 0 Å². The van der Waals surface area contributed by atoms with Gasteiger partial charge in [-0.05, 0) is 52.1 Å². The van der Waals surface area contributed by atoms with Gasteiger partial charge in [-0.15, -0.1) is 0 Å². The molecule has 0 saturated carbocycles. The van der Waals surface area contributed by atoms with Gasteiger partial charge in [-0.2, -0.15) is 0 Å². The molecular formula is C33H27N3O4. The summed E-state index contributed by atoms with van der Waals surface area (Å²) < 4.78 is 16.5. The molecule has 7 rings (SSSR count). The van der Waals surface area contributed by atoms with E-state index >= 15 is 0 Å². The van der Waals surface area contributed by atoms with Crippen LogP contribution >= 0.6 is 0 Å². The fourth-order valence-electron chi connectivity index (χ4n) is 6.02. The van der Waals surface area contributed by atoms with Gasteiger partial charge in [0, 0.05) is 35.6 Å². The molecule has 0 fully saturated rings. The summed E-state index contributed by atoms with van der Waals surface area (Å²) in [5.74, 6) is 1.50. The van der Waals surface area contributed by atoms with Crippen LogP contribution in [0.15, 0.2) is 85.2 Å². The van der Waals surface area contributed by atoms with Crippen molar-refractivity contribution < 1.29 is 19.0 Å². The number of nitrogens with zero attached hydrogens (tertiary/aromatic N) is 3. The Bertz CT molecular complexity index is 1750. The van der Waals surface area contributed by atoms with Gasteiger partial charge in [0.15, 0.2) is 11.5 Å². The highest BCUT2D eigenvalue weighted by Crippen LogP contribution is 2.43. The highest BCUT2D eigenvalue weighted by atomic mass is 16.5. The fourth-order valence-corrected chi connectivity index (χ4v) is 6.02. The molecule has 3 heterocycles. The number of anilines is 1. The number of hydrogen-bond acceptors (Lipinski definition) is 7. The summed E-state index contributed by atoms with van der Waals surface area (Å²) in [7, 11) is 3.21. The lowest BCUT2D eigenvalue weighted by molar-refractivity contribution is 0.0535. The predicted molar refractivity (Wildman–Crippen MR) is 153 cm³/mol. The molecule has 1 atom stereocenters. The van der Waals surface area contributed by atoms with E-state index in [0.29, 0.717) is 23.0 Å². The predicted octanol–water partition coefficient (Wildman–Crippen LogP) is 6.14. The molecular weight excluding hydrogens is 502 g/mol. The molecule has 0 bridgehead atoms. The minimum atomic E-state index is -0.345. The topological polar surface area (TPSA) is 73.8 Å². The van der Waals surface area contributed by atoms with Crippen LogP contribution in [0.25, 0.3) is 21.9 Å². The monoisotopic (exact) mass is 529 g/mol. The molecule has 40 heavy (non-hydrogen) atoms. The molecule has 0 unspecified atom stereocenters. The molecule has 0 aliphatic carbocycles. The smallest absolute Gasteiger partial charge is 0.339 e. The quantitative estimate of drug-likeness (QED) is 0.253. The van der Waals surface area contributed by atoms with Gasteiger partial charge in [0.1, 0.15) is 6.61 Å². The molecule has 0 radical (unpaired) electrons. The lowest BCUT2D eigenvalue weighted by Crippen LogP contribution is -2.37. The van der Waals surface area contributed by atoms with Crippen molar-refractivity contribution >= 4 is 22.7 Å². The number of ether oxygens (including phenoxy) is 3. The number of fused-ring (bicyclic) bond motifs is 3. The summed E-state index contributed by atoms with van der Waals surface area (Å²) in [4.78, 5) is 24.9. The summed E-state index contributed by atoms with van der Waals surface area (Å²) in [5, 5.41) is 1.77. The normalized spacial score (nSPS) is 15.9. The fraction of sp³-hybridized carbons (Fsp3) is 0.182. The molecule has 0 N–H and O–H groups in total. The lowest BCUT2D eigenvalue weighted by atomic mass is 9.88. The molecule has 5 aromatic rings. The zero-order valence-electron chi connectivity index (χ0n) is 22.3. The first kappa shape index (κ1) is 24.2. The average molecular weight is 530 g/mol. The number of carbonyl (C=O) groups is 1. The third-order valence-electron chi connectivity index (χ3n) is 7.87. The summed E-state index contributed by atoms with van der Waals surface area (Å²) in [6.45, 7) is 1.03. The molecule has 2 aliphatic rings. The van der Waals surface area contributed by atoms with Crippen LogP contribution in [0.5, 0.6) is 11.5 Å². The van der Waals surface area contributed by atoms with Gasteiger partial charge < -0.3 is 19.1 Å². The van der Waals surface area contributed by atoms with Crippen LogP contribution in [-0.4, -0.2) is 36.7 Å². The van der Waals surface area contributed by atoms with Crippen molar-refractivity contribution in [3.05, 3.63) is 113 Å². The number of carbonyl (C=O) groups excluding carboxylic acids is 1. The summed E-state index contributed by atoms with van der Waals surface area (Å²) >= 11 is 0. The van der Waals surface area contributed by atoms with Crippen LogP contribution < -0.4 is 14.4 Å². The Balaban J connectivity index is 1.35. The first-order valence-corrected chi connectivity index (χ1v) is 13.3. The van der Waals surface area contributed by atoms with Gasteiger partial charge in [0.2, 0.25) is 5.95 Å². The largest absolute Gasteiger partial charge is 0.493 e. The third-order valence-corrected chi connectivity index (χ3v) is 7.87. The molecule has 4 aromatic carbocycles. The Hall–Kier alpha value is -4.91. The van der Waals surface area contributed by atoms with Crippen molar-refractivity contribution in [2.45, 2.75) is 19.1 Å². The number of benzene rings is 4. The first-order valence-electron chi connectivity index (χ1n) is 13.3. The van der Waals surface area contributed by atoms with Crippen LogP contribution in [0.1, 0.15) is 38.7 Å². The van der Waals surface area contributed by atoms with Crippen molar-refractivity contribution in [2.75, 3.05) is 25.7 Å². The van der Waals surface area contributed by atoms with Gasteiger partial charge in [-0.1, -0.05) is 54.6 Å². The third kappa shape index (κ3) is 3.85. The van der Waals surface area contributed by atoms with Gasteiger partial charge in [-0.25, -0.2) is 14.8 Å². The van der Waals surface area contributed by atoms with Crippen LogP contribution in [0.2, 0.25) is 0 Å². The first-order chi connectivity index (χ1) is 19.7. The van der Waals surface area contributed by atoms with Crippen molar-refractivity contribution in [1.82, 2.24) is 9.97 Å². The Morgan fingerprint density at radius 2 is 1.57 bits per heavy atom. The van der Waals surface area contributed by atoms with Crippen LogP contribution in [0, 0.1) is 0 Å². The molecule has 2 aliphatic heterocycles. The number of rotatable bonds is 5. The minimum absolute atomic E-state index is 0.00510. The second kappa shape index (κ2) is 9.68. The highest BCUT2D eigenvalue weighted by molar-refractivity contribution is 6.11. The zero-order valence-corrected chi connectivity index (χ0v) is 22.3. The summed E-state index contributed by atoms with van der Waals surface area (Å²) in [6.07, 6.45) is 4.53. The Labute approximate surface area is 232 Å². The van der Waals surface area contributed by atoms with E-state index in [2.05, 4.69) is 53.4 Å². The molecule has 198 valence electrons. The molecule has 0 saturated heterocycles. The Kier molecular flexibility index (Phi) is 5.85. The Morgan fingerprint density at radius 3 is 2.35 bits per heavy atom. The van der Waals surface area contributed by atoms with Crippen molar-refractivity contribution in [1.29, 1.82) is 0 Å². The number of methoxy groups -OCH3 is 2. The number of hydrogen-bond donors (Lipinski definition) is 0. The summed E-state index contributed by atoms with van der Waals surface area (Å²) in [6, 6.07) is 24.9. The maximum Gasteiger partial charge on any atom is 0.339 e. The van der Waals surface area contributed by atoms with E-state index in [1.165, 1.54) is 16.7 Å². The van der Waals surface area contributed by atoms with E-state index in [-0.39, 0.29) is 18.6 Å². The molecule has 7 heteroatoms. The standard InChI is InChI=1S/C33H27N3O4/c1-38-27-15-22-14-23-19-40-32(37)30(23)29(26(22)16-28(27)39-2)24-17-34-33(35-18-24)36-13-12-20-8-6-7-11-25(20)31(36)21-9-4-3-5-10-21/h3-11,14-18,31H,12-13,19H2,1-2H3/t31-/m0/s1. The lowest BCUT2D eigenvalue weighted by Gasteiger charge is -2.37. The van der Waals surface area contributed by atoms with Crippen LogP contribution in [-0.2, 0) is 17.8 Å². The number of cyclic esters (lactones) is 1. The van der Waals surface area contributed by atoms with E-state index in [0.717, 1.165) is 40.4 Å². The van der Waals surface area contributed by atoms with Gasteiger partial charge >= 0.3 is 5.97 Å².